The van der Waals surface area contributed by atoms with Gasteiger partial charge in [-0.2, -0.15) is 0 Å². The van der Waals surface area contributed by atoms with Crippen LogP contribution in [0.25, 0.3) is 0 Å². The van der Waals surface area contributed by atoms with Gasteiger partial charge in [0.05, 0.1) is 11.9 Å². The van der Waals surface area contributed by atoms with E-state index >= 15 is 0 Å². The number of thioether (sulfide) groups is 1. The van der Waals surface area contributed by atoms with Gasteiger partial charge in [-0.05, 0) is 36.8 Å². The summed E-state index contributed by atoms with van der Waals surface area (Å²) in [7, 11) is -3.19. The Morgan fingerprint density at radius 3 is 2.50 bits per heavy atom. The summed E-state index contributed by atoms with van der Waals surface area (Å²) < 4.78 is 25.2. The number of hydrogen-bond donors (Lipinski definition) is 1. The molecular formula is C17H26N2O3S2. The molecule has 134 valence electrons. The van der Waals surface area contributed by atoms with Gasteiger partial charge in [0.15, 0.2) is 0 Å². The van der Waals surface area contributed by atoms with Crippen molar-refractivity contribution in [3.05, 3.63) is 29.8 Å². The molecule has 2 saturated heterocycles. The molecule has 0 aromatic heterocycles. The largest absolute Gasteiger partial charge is 0.389 e. The minimum absolute atomic E-state index is 0.0137. The molecule has 7 heteroatoms. The maximum absolute atomic E-state index is 11.8. The summed E-state index contributed by atoms with van der Waals surface area (Å²) in [6.07, 6.45) is 4.58. The lowest BCUT2D eigenvalue weighted by Crippen LogP contribution is -2.60. The summed E-state index contributed by atoms with van der Waals surface area (Å²) in [5.74, 6) is -0.0137. The number of rotatable bonds is 4. The van der Waals surface area contributed by atoms with Crippen LogP contribution in [0, 0.1) is 5.92 Å². The van der Waals surface area contributed by atoms with E-state index in [0.717, 1.165) is 26.1 Å². The highest BCUT2D eigenvalue weighted by Gasteiger charge is 2.46. The van der Waals surface area contributed by atoms with Crippen LogP contribution in [0.1, 0.15) is 18.4 Å². The Hall–Kier alpha value is -0.600. The molecule has 0 bridgehead atoms. The average molecular weight is 371 g/mol. The Bertz CT molecular complexity index is 678. The monoisotopic (exact) mass is 370 g/mol. The van der Waals surface area contributed by atoms with Gasteiger partial charge in [0.1, 0.15) is 0 Å². The Morgan fingerprint density at radius 1 is 1.21 bits per heavy atom. The highest BCUT2D eigenvalue weighted by atomic mass is 32.2. The predicted octanol–water partition coefficient (Wildman–Crippen LogP) is 1.63. The van der Waals surface area contributed by atoms with Crippen LogP contribution in [-0.2, 0) is 16.6 Å². The van der Waals surface area contributed by atoms with Crippen LogP contribution in [0.5, 0.6) is 0 Å². The lowest BCUT2D eigenvalue weighted by Gasteiger charge is -2.49. The topological polar surface area (TPSA) is 60.9 Å². The third kappa shape index (κ3) is 3.96. The van der Waals surface area contributed by atoms with E-state index in [4.69, 9.17) is 0 Å². The number of sulfonamides is 1. The van der Waals surface area contributed by atoms with Gasteiger partial charge in [-0.15, -0.1) is 11.8 Å². The van der Waals surface area contributed by atoms with Gasteiger partial charge in [-0.1, -0.05) is 12.1 Å². The van der Waals surface area contributed by atoms with Gasteiger partial charge >= 0.3 is 0 Å². The standard InChI is InChI=1S/C17H26N2O3S2/c1-23-16-5-3-14(4-6-16)11-18-9-7-17(20)8-10-19(24(2,21)22)13-15(17)12-18/h3-6,15,20H,7-13H2,1-2H3/t15-,17-/m1/s1. The fourth-order valence-corrected chi connectivity index (χ4v) is 5.06. The van der Waals surface area contributed by atoms with Crippen molar-refractivity contribution >= 4 is 21.8 Å². The van der Waals surface area contributed by atoms with E-state index in [9.17, 15) is 13.5 Å². The van der Waals surface area contributed by atoms with Gasteiger partial charge in [-0.3, -0.25) is 4.90 Å². The van der Waals surface area contributed by atoms with Gasteiger partial charge in [0, 0.05) is 43.5 Å². The van der Waals surface area contributed by atoms with Crippen molar-refractivity contribution in [1.82, 2.24) is 9.21 Å². The maximum atomic E-state index is 11.8. The number of nitrogens with zero attached hydrogens (tertiary/aromatic N) is 2. The predicted molar refractivity (Wildman–Crippen MR) is 97.6 cm³/mol. The molecule has 2 heterocycles. The Kier molecular flexibility index (Phi) is 5.28. The summed E-state index contributed by atoms with van der Waals surface area (Å²) in [5.41, 5.74) is 0.550. The highest BCUT2D eigenvalue weighted by Crippen LogP contribution is 2.36. The van der Waals surface area contributed by atoms with E-state index < -0.39 is 15.6 Å². The van der Waals surface area contributed by atoms with Crippen LogP contribution >= 0.6 is 11.8 Å². The SMILES string of the molecule is CSc1ccc(CN2CC[C@@]3(O)CCN(S(C)(=O)=O)C[C@H]3C2)cc1. The molecule has 2 atom stereocenters. The van der Waals surface area contributed by atoms with Crippen LogP contribution in [0.3, 0.4) is 0 Å². The summed E-state index contributed by atoms with van der Waals surface area (Å²) in [6, 6.07) is 8.56. The molecule has 0 aliphatic carbocycles. The van der Waals surface area contributed by atoms with Crippen LogP contribution in [0.2, 0.25) is 0 Å². The molecule has 0 saturated carbocycles. The van der Waals surface area contributed by atoms with Crippen molar-refractivity contribution in [3.8, 4) is 0 Å². The van der Waals surface area contributed by atoms with Crippen molar-refractivity contribution in [2.75, 3.05) is 38.7 Å². The summed E-state index contributed by atoms with van der Waals surface area (Å²) in [6.45, 7) is 3.31. The molecule has 0 radical (unpaired) electrons. The maximum Gasteiger partial charge on any atom is 0.211 e. The average Bonchev–Trinajstić information content (AvgIpc) is 2.54. The quantitative estimate of drug-likeness (QED) is 0.817. The molecule has 24 heavy (non-hydrogen) atoms. The van der Waals surface area contributed by atoms with E-state index in [0.29, 0.717) is 19.5 Å². The minimum Gasteiger partial charge on any atom is -0.389 e. The number of benzene rings is 1. The van der Waals surface area contributed by atoms with E-state index in [1.165, 1.54) is 21.0 Å². The molecule has 2 aliphatic rings. The lowest BCUT2D eigenvalue weighted by molar-refractivity contribution is -0.103. The number of hydrogen-bond acceptors (Lipinski definition) is 5. The molecule has 1 aromatic carbocycles. The third-order valence-corrected chi connectivity index (χ3v) is 7.37. The lowest BCUT2D eigenvalue weighted by atomic mass is 9.76. The van der Waals surface area contributed by atoms with E-state index in [-0.39, 0.29) is 5.92 Å². The second-order valence-corrected chi connectivity index (χ2v) is 9.87. The molecule has 2 aliphatic heterocycles. The molecule has 0 spiro atoms. The fraction of sp³-hybridized carbons (Fsp3) is 0.647. The van der Waals surface area contributed by atoms with Crippen LogP contribution in [0.15, 0.2) is 29.2 Å². The fourth-order valence-electron chi connectivity index (χ4n) is 3.77. The number of fused-ring (bicyclic) bond motifs is 1. The third-order valence-electron chi connectivity index (χ3n) is 5.35. The first kappa shape index (κ1) is 18.2. The first-order valence-electron chi connectivity index (χ1n) is 8.33. The zero-order valence-corrected chi connectivity index (χ0v) is 15.9. The minimum atomic E-state index is -3.19. The molecule has 5 nitrogen and oxygen atoms in total. The van der Waals surface area contributed by atoms with Crippen molar-refractivity contribution in [3.63, 3.8) is 0 Å². The van der Waals surface area contributed by atoms with Gasteiger partial charge in [-0.25, -0.2) is 12.7 Å². The normalized spacial score (nSPS) is 29.4. The van der Waals surface area contributed by atoms with Gasteiger partial charge in [0.2, 0.25) is 10.0 Å². The Balaban J connectivity index is 1.66. The van der Waals surface area contributed by atoms with Gasteiger partial charge in [0.25, 0.3) is 0 Å². The smallest absolute Gasteiger partial charge is 0.211 e. The van der Waals surface area contributed by atoms with Crippen molar-refractivity contribution in [1.29, 1.82) is 0 Å². The molecule has 2 fully saturated rings. The van der Waals surface area contributed by atoms with E-state index in [2.05, 4.69) is 35.4 Å². The van der Waals surface area contributed by atoms with E-state index in [1.807, 2.05) is 0 Å². The second-order valence-electron chi connectivity index (χ2n) is 7.00. The zero-order valence-electron chi connectivity index (χ0n) is 14.3. The zero-order chi connectivity index (χ0) is 17.4. The summed E-state index contributed by atoms with van der Waals surface area (Å²) >= 11 is 1.73. The van der Waals surface area contributed by atoms with Crippen LogP contribution in [0.4, 0.5) is 0 Å². The van der Waals surface area contributed by atoms with Crippen molar-refractivity contribution in [2.24, 2.45) is 5.92 Å². The molecule has 1 aromatic rings. The van der Waals surface area contributed by atoms with Gasteiger partial charge < -0.3 is 5.11 Å². The molecule has 0 amide bonds. The first-order valence-corrected chi connectivity index (χ1v) is 11.4. The van der Waals surface area contributed by atoms with E-state index in [1.54, 1.807) is 11.8 Å². The first-order chi connectivity index (χ1) is 11.3. The van der Waals surface area contributed by atoms with Crippen molar-refractivity contribution < 1.29 is 13.5 Å². The van der Waals surface area contributed by atoms with Crippen molar-refractivity contribution in [2.45, 2.75) is 29.9 Å². The number of piperidine rings is 2. The summed E-state index contributed by atoms with van der Waals surface area (Å²) in [5, 5.41) is 10.9. The molecule has 0 unspecified atom stereocenters. The van der Waals surface area contributed by atoms with Crippen LogP contribution < -0.4 is 0 Å². The Labute approximate surface area is 149 Å². The summed E-state index contributed by atoms with van der Waals surface area (Å²) in [4.78, 5) is 3.58. The Morgan fingerprint density at radius 2 is 1.88 bits per heavy atom. The second kappa shape index (κ2) is 6.96. The highest BCUT2D eigenvalue weighted by molar-refractivity contribution is 7.98. The molecule has 3 rings (SSSR count). The molecular weight excluding hydrogens is 344 g/mol. The number of likely N-dealkylation sites (tertiary alicyclic amines) is 1. The van der Waals surface area contributed by atoms with Crippen LogP contribution in [-0.4, -0.2) is 67.0 Å². The molecule has 1 N–H and O–H groups in total. The number of aliphatic hydroxyl groups is 1.